The highest BCUT2D eigenvalue weighted by molar-refractivity contribution is 5.95. The number of amides is 1. The second-order valence-electron chi connectivity index (χ2n) is 6.79. The van der Waals surface area contributed by atoms with Crippen LogP contribution < -0.4 is 5.32 Å². The van der Waals surface area contributed by atoms with Gasteiger partial charge in [0.25, 0.3) is 0 Å². The summed E-state index contributed by atoms with van der Waals surface area (Å²) in [6, 6.07) is 10.1. The number of aromatic nitrogens is 6. The average molecular weight is 377 g/mol. The van der Waals surface area contributed by atoms with Crippen molar-refractivity contribution in [3.8, 4) is 5.82 Å². The molecule has 28 heavy (non-hydrogen) atoms. The molecule has 0 fully saturated rings. The van der Waals surface area contributed by atoms with Crippen LogP contribution in [0.2, 0.25) is 0 Å². The quantitative estimate of drug-likeness (QED) is 0.580. The molecular weight excluding hydrogens is 361 g/mol. The van der Waals surface area contributed by atoms with E-state index in [2.05, 4.69) is 25.7 Å². The Morgan fingerprint density at radius 1 is 1.11 bits per heavy atom. The Balaban J connectivity index is 1.70. The van der Waals surface area contributed by atoms with Crippen LogP contribution in [0.4, 0.5) is 10.2 Å². The Labute approximate surface area is 159 Å². The Morgan fingerprint density at radius 2 is 1.93 bits per heavy atom. The molecule has 1 amide bonds. The van der Waals surface area contributed by atoms with E-state index in [0.717, 1.165) is 5.56 Å². The van der Waals surface area contributed by atoms with Gasteiger partial charge in [0.15, 0.2) is 17.3 Å². The van der Waals surface area contributed by atoms with Crippen molar-refractivity contribution in [2.75, 3.05) is 5.32 Å². The van der Waals surface area contributed by atoms with Crippen molar-refractivity contribution in [2.45, 2.75) is 26.2 Å². The average Bonchev–Trinajstić information content (AvgIpc) is 3.21. The van der Waals surface area contributed by atoms with Gasteiger partial charge < -0.3 is 5.32 Å². The smallest absolute Gasteiger partial charge is 0.226 e. The molecule has 4 aromatic rings. The molecule has 0 bridgehead atoms. The molecule has 8 nitrogen and oxygen atoms in total. The van der Waals surface area contributed by atoms with Crippen LogP contribution in [0.3, 0.4) is 0 Å². The van der Waals surface area contributed by atoms with Crippen LogP contribution in [0.5, 0.6) is 0 Å². The minimum absolute atomic E-state index is 0.164. The van der Waals surface area contributed by atoms with Gasteiger partial charge >= 0.3 is 0 Å². The molecular formula is C19H16FN7O. The van der Waals surface area contributed by atoms with E-state index >= 15 is 0 Å². The maximum atomic E-state index is 14.5. The zero-order chi connectivity index (χ0) is 19.4. The molecule has 0 unspecified atom stereocenters. The highest BCUT2D eigenvalue weighted by Crippen LogP contribution is 2.40. The summed E-state index contributed by atoms with van der Waals surface area (Å²) in [5, 5.41) is 20.0. The van der Waals surface area contributed by atoms with Gasteiger partial charge in [0.1, 0.15) is 11.6 Å². The first-order valence-corrected chi connectivity index (χ1v) is 8.86. The molecule has 140 valence electrons. The van der Waals surface area contributed by atoms with E-state index < -0.39 is 5.92 Å². The molecule has 0 radical (unpaired) electrons. The fourth-order valence-electron chi connectivity index (χ4n) is 3.74. The van der Waals surface area contributed by atoms with Crippen molar-refractivity contribution in [2.24, 2.45) is 0 Å². The first-order valence-electron chi connectivity index (χ1n) is 8.86. The Bertz CT molecular complexity index is 1240. The molecule has 9 heteroatoms. The van der Waals surface area contributed by atoms with Crippen LogP contribution >= 0.6 is 0 Å². The summed E-state index contributed by atoms with van der Waals surface area (Å²) in [7, 11) is 0. The van der Waals surface area contributed by atoms with E-state index in [0.29, 0.717) is 34.4 Å². The topological polar surface area (TPSA) is 90.0 Å². The molecule has 1 aliphatic heterocycles. The number of nitrogens with one attached hydrogen (secondary N) is 1. The van der Waals surface area contributed by atoms with Crippen molar-refractivity contribution < 1.29 is 9.18 Å². The number of aryl methyl sites for hydroxylation is 2. The van der Waals surface area contributed by atoms with Crippen molar-refractivity contribution in [3.63, 3.8) is 0 Å². The van der Waals surface area contributed by atoms with Crippen molar-refractivity contribution in [1.29, 1.82) is 0 Å². The zero-order valence-electron chi connectivity index (χ0n) is 15.2. The van der Waals surface area contributed by atoms with Crippen molar-refractivity contribution in [1.82, 2.24) is 29.6 Å². The molecule has 0 aliphatic carbocycles. The van der Waals surface area contributed by atoms with Crippen LogP contribution in [0.15, 0.2) is 36.4 Å². The minimum atomic E-state index is -0.404. The predicted molar refractivity (Wildman–Crippen MR) is 98.9 cm³/mol. The summed E-state index contributed by atoms with van der Waals surface area (Å²) in [5.74, 6) is 0.735. The largest absolute Gasteiger partial charge is 0.310 e. The summed E-state index contributed by atoms with van der Waals surface area (Å²) in [6.45, 7) is 3.65. The first kappa shape index (κ1) is 16.5. The number of anilines is 1. The van der Waals surface area contributed by atoms with Crippen LogP contribution in [0, 0.1) is 19.7 Å². The van der Waals surface area contributed by atoms with E-state index in [1.165, 1.54) is 6.07 Å². The number of fused-ring (bicyclic) bond motifs is 2. The number of hydrogen-bond donors (Lipinski definition) is 1. The predicted octanol–water partition coefficient (Wildman–Crippen LogP) is 2.54. The maximum absolute atomic E-state index is 14.5. The summed E-state index contributed by atoms with van der Waals surface area (Å²) in [5.41, 5.74) is 2.62. The Kier molecular flexibility index (Phi) is 3.51. The number of nitrogens with zero attached hydrogens (tertiary/aromatic N) is 6. The summed E-state index contributed by atoms with van der Waals surface area (Å²) >= 11 is 0. The van der Waals surface area contributed by atoms with Gasteiger partial charge in [-0.2, -0.15) is 14.3 Å². The van der Waals surface area contributed by atoms with Crippen molar-refractivity contribution in [3.05, 3.63) is 64.9 Å². The monoisotopic (exact) mass is 377 g/mol. The fraction of sp³-hybridized carbons (Fsp3) is 0.211. The van der Waals surface area contributed by atoms with Gasteiger partial charge in [-0.1, -0.05) is 18.2 Å². The lowest BCUT2D eigenvalue weighted by Gasteiger charge is -2.24. The third kappa shape index (κ3) is 2.39. The highest BCUT2D eigenvalue weighted by atomic mass is 19.1. The molecule has 1 N–H and O–H groups in total. The van der Waals surface area contributed by atoms with E-state index in [1.54, 1.807) is 46.5 Å². The molecule has 0 saturated carbocycles. The van der Waals surface area contributed by atoms with Gasteiger partial charge in [0.05, 0.1) is 5.69 Å². The molecule has 1 aliphatic rings. The van der Waals surface area contributed by atoms with Crippen molar-refractivity contribution >= 4 is 17.4 Å². The van der Waals surface area contributed by atoms with Gasteiger partial charge in [-0.15, -0.1) is 15.3 Å². The van der Waals surface area contributed by atoms with Crippen LogP contribution in [0.1, 0.15) is 35.0 Å². The number of rotatable bonds is 2. The second-order valence-corrected chi connectivity index (χ2v) is 6.79. The number of hydrogen-bond acceptors (Lipinski definition) is 5. The number of benzene rings is 1. The number of carbonyl (C=O) groups is 1. The van der Waals surface area contributed by atoms with Crippen LogP contribution in [-0.4, -0.2) is 35.5 Å². The SMILES string of the molecule is Cc1nn(-c2ccc3nnc(C)n3n2)c2c1[C@H](c1ccccc1F)CC(=O)N2. The fourth-order valence-corrected chi connectivity index (χ4v) is 3.74. The summed E-state index contributed by atoms with van der Waals surface area (Å²) in [4.78, 5) is 12.4. The molecule has 1 atom stereocenters. The normalized spacial score (nSPS) is 16.2. The molecule has 5 rings (SSSR count). The molecule has 0 saturated heterocycles. The van der Waals surface area contributed by atoms with Crippen LogP contribution in [0.25, 0.3) is 11.5 Å². The number of carbonyl (C=O) groups excluding carboxylic acids is 1. The number of halogens is 1. The Hall–Kier alpha value is -3.62. The maximum Gasteiger partial charge on any atom is 0.226 e. The van der Waals surface area contributed by atoms with E-state index in [4.69, 9.17) is 0 Å². The Morgan fingerprint density at radius 3 is 2.75 bits per heavy atom. The summed E-state index contributed by atoms with van der Waals surface area (Å²) < 4.78 is 17.6. The van der Waals surface area contributed by atoms with E-state index in [-0.39, 0.29) is 18.1 Å². The lowest BCUT2D eigenvalue weighted by atomic mass is 9.85. The molecule has 0 spiro atoms. The summed E-state index contributed by atoms with van der Waals surface area (Å²) in [6.07, 6.45) is 0.164. The van der Waals surface area contributed by atoms with Gasteiger partial charge in [-0.25, -0.2) is 4.39 Å². The molecule has 4 heterocycles. The molecule has 3 aromatic heterocycles. The third-order valence-electron chi connectivity index (χ3n) is 5.00. The minimum Gasteiger partial charge on any atom is -0.310 e. The van der Waals surface area contributed by atoms with E-state index in [9.17, 15) is 9.18 Å². The standard InChI is InChI=1S/C19H16FN7O/c1-10-18-13(12-5-3-4-6-14(12)20)9-17(28)21-19(18)27(24-10)16-8-7-15-23-22-11(2)26(15)25-16/h3-8,13H,9H2,1-2H3,(H,21,28)/t13-/m0/s1. The van der Waals surface area contributed by atoms with Crippen LogP contribution in [-0.2, 0) is 4.79 Å². The lowest BCUT2D eigenvalue weighted by Crippen LogP contribution is -2.25. The van der Waals surface area contributed by atoms with Gasteiger partial charge in [-0.05, 0) is 37.6 Å². The van der Waals surface area contributed by atoms with Gasteiger partial charge in [0, 0.05) is 17.9 Å². The van der Waals surface area contributed by atoms with E-state index in [1.807, 2.05) is 6.92 Å². The second kappa shape index (κ2) is 5.95. The van der Waals surface area contributed by atoms with Gasteiger partial charge in [-0.3, -0.25) is 4.79 Å². The first-order chi connectivity index (χ1) is 13.5. The molecule has 1 aromatic carbocycles. The lowest BCUT2D eigenvalue weighted by molar-refractivity contribution is -0.116. The third-order valence-corrected chi connectivity index (χ3v) is 5.00. The van der Waals surface area contributed by atoms with Gasteiger partial charge in [0.2, 0.25) is 5.91 Å². The highest BCUT2D eigenvalue weighted by Gasteiger charge is 2.34. The zero-order valence-corrected chi connectivity index (χ0v) is 15.2.